The molecule has 12 heteroatoms. The summed E-state index contributed by atoms with van der Waals surface area (Å²) >= 11 is 1.37. The van der Waals surface area contributed by atoms with Crippen molar-refractivity contribution in [1.29, 1.82) is 0 Å². The molecule has 1 aromatic carbocycles. The van der Waals surface area contributed by atoms with Crippen molar-refractivity contribution in [2.75, 3.05) is 23.4 Å². The Balaban J connectivity index is 1.47. The molecule has 1 aromatic heterocycles. The van der Waals surface area contributed by atoms with Gasteiger partial charge in [-0.1, -0.05) is 6.92 Å². The van der Waals surface area contributed by atoms with Gasteiger partial charge in [-0.15, -0.1) is 11.3 Å². The second-order valence-corrected chi connectivity index (χ2v) is 12.1. The van der Waals surface area contributed by atoms with Crippen LogP contribution in [0.5, 0.6) is 5.75 Å². The third-order valence-electron chi connectivity index (χ3n) is 5.98. The highest BCUT2D eigenvalue weighted by Crippen LogP contribution is 2.39. The molecule has 2 heterocycles. The molecule has 2 aliphatic rings. The average molecular weight is 508 g/mol. The van der Waals surface area contributed by atoms with Crippen LogP contribution in [0.15, 0.2) is 24.3 Å². The van der Waals surface area contributed by atoms with Gasteiger partial charge in [-0.05, 0) is 49.3 Å². The fourth-order valence-corrected chi connectivity index (χ4v) is 7.32. The van der Waals surface area contributed by atoms with Gasteiger partial charge < -0.3 is 15.4 Å². The fraction of sp³-hybridized carbons (Fsp3) is 0.455. The number of anilines is 1. The SMILES string of the molecule is CC1CCc2c(sc(NC(=O)COc3ccc([N+](=O)[O-])cc3)c2C(=O)NC2CCS(=O)(=O)C2)C1. The lowest BCUT2D eigenvalue weighted by Gasteiger charge is -2.19. The van der Waals surface area contributed by atoms with E-state index in [9.17, 15) is 28.1 Å². The van der Waals surface area contributed by atoms with Gasteiger partial charge in [-0.3, -0.25) is 19.7 Å². The van der Waals surface area contributed by atoms with Crippen molar-refractivity contribution in [2.45, 2.75) is 38.6 Å². The van der Waals surface area contributed by atoms with Crippen molar-refractivity contribution in [3.8, 4) is 5.75 Å². The van der Waals surface area contributed by atoms with Crippen molar-refractivity contribution in [3.05, 3.63) is 50.4 Å². The molecule has 0 saturated carbocycles. The van der Waals surface area contributed by atoms with Gasteiger partial charge in [0, 0.05) is 23.1 Å². The number of nitrogens with zero attached hydrogens (tertiary/aromatic N) is 1. The van der Waals surface area contributed by atoms with Crippen LogP contribution in [0, 0.1) is 16.0 Å². The molecule has 34 heavy (non-hydrogen) atoms. The maximum absolute atomic E-state index is 13.2. The largest absolute Gasteiger partial charge is 0.484 e. The van der Waals surface area contributed by atoms with E-state index >= 15 is 0 Å². The van der Waals surface area contributed by atoms with Gasteiger partial charge in [-0.25, -0.2) is 8.42 Å². The molecular weight excluding hydrogens is 482 g/mol. The van der Waals surface area contributed by atoms with Crippen LogP contribution in [0.4, 0.5) is 10.7 Å². The molecule has 0 spiro atoms. The molecule has 0 radical (unpaired) electrons. The minimum absolute atomic E-state index is 0.0563. The monoisotopic (exact) mass is 507 g/mol. The topological polar surface area (TPSA) is 145 Å². The predicted molar refractivity (Wildman–Crippen MR) is 127 cm³/mol. The van der Waals surface area contributed by atoms with Crippen LogP contribution in [-0.4, -0.2) is 49.3 Å². The van der Waals surface area contributed by atoms with E-state index in [4.69, 9.17) is 4.74 Å². The van der Waals surface area contributed by atoms with Crippen LogP contribution in [0.1, 0.15) is 40.6 Å². The summed E-state index contributed by atoms with van der Waals surface area (Å²) < 4.78 is 29.0. The lowest BCUT2D eigenvalue weighted by molar-refractivity contribution is -0.384. The lowest BCUT2D eigenvalue weighted by Crippen LogP contribution is -2.36. The number of non-ortho nitro benzene ring substituents is 1. The van der Waals surface area contributed by atoms with Gasteiger partial charge in [0.2, 0.25) is 0 Å². The number of ether oxygens (including phenoxy) is 1. The molecule has 10 nitrogen and oxygen atoms in total. The molecule has 2 atom stereocenters. The standard InChI is InChI=1S/C22H25N3O7S2/c1-13-2-7-17-18(10-13)33-22(20(17)21(27)23-14-8-9-34(30,31)12-14)24-19(26)11-32-16-5-3-15(4-6-16)25(28)29/h3-6,13-14H,2,7-12H2,1H3,(H,23,27)(H,24,26). The second-order valence-electron chi connectivity index (χ2n) is 8.72. The van der Waals surface area contributed by atoms with E-state index in [1.165, 1.54) is 35.6 Å². The van der Waals surface area contributed by atoms with Gasteiger partial charge in [0.05, 0.1) is 22.0 Å². The van der Waals surface area contributed by atoms with E-state index in [1.54, 1.807) is 0 Å². The number of rotatable bonds is 7. The number of hydrogen-bond acceptors (Lipinski definition) is 8. The van der Waals surface area contributed by atoms with Crippen molar-refractivity contribution in [1.82, 2.24) is 5.32 Å². The lowest BCUT2D eigenvalue weighted by atomic mass is 9.88. The molecule has 1 aliphatic carbocycles. The van der Waals surface area contributed by atoms with Crippen LogP contribution < -0.4 is 15.4 Å². The van der Waals surface area contributed by atoms with E-state index in [0.717, 1.165) is 23.3 Å². The smallest absolute Gasteiger partial charge is 0.269 e. The van der Waals surface area contributed by atoms with E-state index in [-0.39, 0.29) is 29.7 Å². The molecule has 1 aliphatic heterocycles. The molecular formula is C22H25N3O7S2. The highest BCUT2D eigenvalue weighted by Gasteiger charge is 2.33. The number of carbonyl (C=O) groups is 2. The van der Waals surface area contributed by atoms with E-state index in [0.29, 0.717) is 35.1 Å². The zero-order valence-electron chi connectivity index (χ0n) is 18.5. The summed E-state index contributed by atoms with van der Waals surface area (Å²) in [6, 6.07) is 4.95. The Kier molecular flexibility index (Phi) is 6.89. The number of sulfone groups is 1. The third-order valence-corrected chi connectivity index (χ3v) is 8.91. The fourth-order valence-electron chi connectivity index (χ4n) is 4.22. The summed E-state index contributed by atoms with van der Waals surface area (Å²) in [4.78, 5) is 37.0. The van der Waals surface area contributed by atoms with E-state index in [2.05, 4.69) is 17.6 Å². The summed E-state index contributed by atoms with van der Waals surface area (Å²) in [6.07, 6.45) is 2.84. The van der Waals surface area contributed by atoms with Crippen molar-refractivity contribution in [3.63, 3.8) is 0 Å². The highest BCUT2D eigenvalue weighted by molar-refractivity contribution is 7.91. The Bertz CT molecular complexity index is 1220. The molecule has 2 unspecified atom stereocenters. The predicted octanol–water partition coefficient (Wildman–Crippen LogP) is 2.72. The van der Waals surface area contributed by atoms with Gasteiger partial charge >= 0.3 is 0 Å². The number of thiophene rings is 1. The summed E-state index contributed by atoms with van der Waals surface area (Å²) in [5.41, 5.74) is 1.23. The van der Waals surface area contributed by atoms with Gasteiger partial charge in [-0.2, -0.15) is 0 Å². The Morgan fingerprint density at radius 1 is 1.24 bits per heavy atom. The first kappa shape index (κ1) is 24.1. The molecule has 0 bridgehead atoms. The van der Waals surface area contributed by atoms with Gasteiger partial charge in [0.15, 0.2) is 16.4 Å². The van der Waals surface area contributed by atoms with E-state index < -0.39 is 26.7 Å². The summed E-state index contributed by atoms with van der Waals surface area (Å²) in [7, 11) is -3.14. The number of amides is 2. The molecule has 182 valence electrons. The zero-order chi connectivity index (χ0) is 24.5. The Morgan fingerprint density at radius 2 is 1.97 bits per heavy atom. The molecule has 1 saturated heterocycles. The zero-order valence-corrected chi connectivity index (χ0v) is 20.2. The normalized spacial score (nSPS) is 20.9. The second kappa shape index (κ2) is 9.71. The molecule has 2 N–H and O–H groups in total. The number of fused-ring (bicyclic) bond motifs is 1. The van der Waals surface area contributed by atoms with Gasteiger partial charge in [0.1, 0.15) is 10.8 Å². The number of nitro benzene ring substituents is 1. The Labute approximate surface area is 200 Å². The van der Waals surface area contributed by atoms with Crippen LogP contribution >= 0.6 is 11.3 Å². The quantitative estimate of drug-likeness (QED) is 0.433. The van der Waals surface area contributed by atoms with Crippen molar-refractivity contribution in [2.24, 2.45) is 5.92 Å². The minimum Gasteiger partial charge on any atom is -0.484 e. The van der Waals surface area contributed by atoms with Crippen molar-refractivity contribution >= 4 is 43.7 Å². The maximum Gasteiger partial charge on any atom is 0.269 e. The first-order valence-corrected chi connectivity index (χ1v) is 13.6. The van der Waals surface area contributed by atoms with Crippen molar-refractivity contribution < 1.29 is 27.7 Å². The van der Waals surface area contributed by atoms with Crippen LogP contribution in [0.3, 0.4) is 0 Å². The number of nitro groups is 1. The molecule has 2 aromatic rings. The molecule has 2 amide bonds. The molecule has 4 rings (SSSR count). The Hall–Kier alpha value is -2.99. The summed E-state index contributed by atoms with van der Waals surface area (Å²) in [5, 5.41) is 16.8. The Morgan fingerprint density at radius 3 is 2.62 bits per heavy atom. The summed E-state index contributed by atoms with van der Waals surface area (Å²) in [5.74, 6) is -0.0899. The summed E-state index contributed by atoms with van der Waals surface area (Å²) in [6.45, 7) is 1.81. The van der Waals surface area contributed by atoms with Crippen LogP contribution in [0.25, 0.3) is 0 Å². The number of benzene rings is 1. The molecule has 1 fully saturated rings. The van der Waals surface area contributed by atoms with Crippen LogP contribution in [-0.2, 0) is 27.5 Å². The number of nitrogens with one attached hydrogen (secondary N) is 2. The maximum atomic E-state index is 13.2. The van der Waals surface area contributed by atoms with Gasteiger partial charge in [0.25, 0.3) is 17.5 Å². The number of hydrogen-bond donors (Lipinski definition) is 2. The highest BCUT2D eigenvalue weighted by atomic mass is 32.2. The first-order chi connectivity index (χ1) is 16.1. The van der Waals surface area contributed by atoms with E-state index in [1.807, 2.05) is 0 Å². The first-order valence-electron chi connectivity index (χ1n) is 10.9. The average Bonchev–Trinajstić information content (AvgIpc) is 3.30. The number of carbonyl (C=O) groups excluding carboxylic acids is 2. The third kappa shape index (κ3) is 5.55. The van der Waals surface area contributed by atoms with Crippen LogP contribution in [0.2, 0.25) is 0 Å². The minimum atomic E-state index is -3.14.